The zero-order chi connectivity index (χ0) is 26.8. The highest BCUT2D eigenvalue weighted by Gasteiger charge is 2.78. The number of hydrogen-bond acceptors (Lipinski definition) is 7. The molecule has 0 aromatic rings. The molecule has 0 amide bonds. The molecule has 202 valence electrons. The molecule has 7 heteroatoms. The summed E-state index contributed by atoms with van der Waals surface area (Å²) < 4.78 is 17.9. The molecular formula is C30H40O7. The number of carbonyl (C=O) groups excluding carboxylic acids is 2. The highest BCUT2D eigenvalue weighted by Crippen LogP contribution is 2.72. The van der Waals surface area contributed by atoms with Gasteiger partial charge in [0.2, 0.25) is 0 Å². The first-order valence-corrected chi connectivity index (χ1v) is 13.8. The third-order valence-corrected chi connectivity index (χ3v) is 11.4. The van der Waals surface area contributed by atoms with Crippen LogP contribution in [0.2, 0.25) is 0 Å². The molecule has 1 spiro atoms. The minimum Gasteiger partial charge on any atom is -0.458 e. The van der Waals surface area contributed by atoms with E-state index in [0.29, 0.717) is 24.8 Å². The Kier molecular flexibility index (Phi) is 5.18. The summed E-state index contributed by atoms with van der Waals surface area (Å²) in [5, 5.41) is 24.5. The fourth-order valence-electron chi connectivity index (χ4n) is 9.15. The minimum absolute atomic E-state index is 0.0316. The third-order valence-electron chi connectivity index (χ3n) is 11.4. The highest BCUT2D eigenvalue weighted by atomic mass is 16.6. The van der Waals surface area contributed by atoms with Gasteiger partial charge in [0.1, 0.15) is 23.4 Å². The summed E-state index contributed by atoms with van der Waals surface area (Å²) in [6, 6.07) is 0. The molecule has 3 aliphatic carbocycles. The Labute approximate surface area is 218 Å². The average molecular weight is 513 g/mol. The minimum atomic E-state index is -1.19. The Morgan fingerprint density at radius 3 is 2.51 bits per heavy atom. The Balaban J connectivity index is 1.32. The highest BCUT2D eigenvalue weighted by molar-refractivity contribution is 5.88. The Morgan fingerprint density at radius 2 is 1.81 bits per heavy atom. The number of carbonyl (C=O) groups is 2. The molecule has 6 rings (SSSR count). The number of aliphatic hydroxyl groups is 2. The van der Waals surface area contributed by atoms with Crippen molar-refractivity contribution in [3.05, 3.63) is 36.0 Å². The van der Waals surface area contributed by atoms with Crippen LogP contribution in [0, 0.1) is 29.1 Å². The number of fused-ring (bicyclic) bond motifs is 4. The van der Waals surface area contributed by atoms with Gasteiger partial charge < -0.3 is 24.4 Å². The number of epoxide rings is 1. The lowest BCUT2D eigenvalue weighted by atomic mass is 9.55. The maximum Gasteiger partial charge on any atom is 0.333 e. The summed E-state index contributed by atoms with van der Waals surface area (Å²) in [5.41, 5.74) is -2.64. The topological polar surface area (TPSA) is 106 Å². The van der Waals surface area contributed by atoms with Crippen LogP contribution in [0.25, 0.3) is 0 Å². The van der Waals surface area contributed by atoms with Crippen LogP contribution in [0.5, 0.6) is 0 Å². The number of ether oxygens (including phenoxy) is 3. The van der Waals surface area contributed by atoms with Gasteiger partial charge in [-0.3, -0.25) is 0 Å². The van der Waals surface area contributed by atoms with Crippen LogP contribution >= 0.6 is 0 Å². The van der Waals surface area contributed by atoms with Crippen LogP contribution in [0.1, 0.15) is 73.1 Å². The molecule has 0 aromatic carbocycles. The van der Waals surface area contributed by atoms with E-state index in [2.05, 4.69) is 13.5 Å². The van der Waals surface area contributed by atoms with Gasteiger partial charge in [-0.15, -0.1) is 0 Å². The van der Waals surface area contributed by atoms with Gasteiger partial charge in [-0.05, 0) is 81.8 Å². The summed E-state index contributed by atoms with van der Waals surface area (Å²) in [6.07, 6.45) is 8.15. The van der Waals surface area contributed by atoms with E-state index in [1.807, 2.05) is 32.9 Å². The van der Waals surface area contributed by atoms with Gasteiger partial charge in [0.05, 0.1) is 11.2 Å². The van der Waals surface area contributed by atoms with E-state index in [4.69, 9.17) is 14.2 Å². The zero-order valence-electron chi connectivity index (χ0n) is 22.6. The summed E-state index contributed by atoms with van der Waals surface area (Å²) >= 11 is 0. The largest absolute Gasteiger partial charge is 0.458 e. The quantitative estimate of drug-likeness (QED) is 0.330. The molecule has 6 aliphatic rings. The maximum atomic E-state index is 12.4. The lowest BCUT2D eigenvalue weighted by Crippen LogP contribution is -2.53. The van der Waals surface area contributed by atoms with Crippen molar-refractivity contribution in [3.8, 4) is 0 Å². The Bertz CT molecular complexity index is 1140. The first-order valence-electron chi connectivity index (χ1n) is 13.8. The molecule has 0 aromatic heterocycles. The monoisotopic (exact) mass is 512 g/mol. The lowest BCUT2D eigenvalue weighted by Gasteiger charge is -2.52. The summed E-state index contributed by atoms with van der Waals surface area (Å²) in [7, 11) is 0. The van der Waals surface area contributed by atoms with Crippen LogP contribution in [-0.2, 0) is 23.8 Å². The molecule has 7 nitrogen and oxygen atoms in total. The third kappa shape index (κ3) is 3.23. The predicted octanol–water partition coefficient (Wildman–Crippen LogP) is 3.78. The molecule has 10 atom stereocenters. The molecule has 0 bridgehead atoms. The van der Waals surface area contributed by atoms with Gasteiger partial charge in [-0.25, -0.2) is 9.59 Å². The fraction of sp³-hybridized carbons (Fsp3) is 0.733. The van der Waals surface area contributed by atoms with E-state index in [1.165, 1.54) is 6.08 Å². The average Bonchev–Trinajstić information content (AvgIpc) is 3.54. The predicted molar refractivity (Wildman–Crippen MR) is 135 cm³/mol. The SMILES string of the molecule is C=C1[C@@H]2C[C@]3(O)[C@H]4O[C@]45C=CC(=O)OC(C)(C)[C@@H]5CC[C@H]3[C@]2(C)CC[C@@]1(O)[C@H](C)[C@H]1CC=C(C)C(=O)O1. The molecular weight excluding hydrogens is 472 g/mol. The number of cyclic esters (lactones) is 2. The van der Waals surface area contributed by atoms with Crippen molar-refractivity contribution in [2.24, 2.45) is 29.1 Å². The number of hydrogen-bond donors (Lipinski definition) is 2. The van der Waals surface area contributed by atoms with Gasteiger partial charge in [-0.2, -0.15) is 0 Å². The second-order valence-corrected chi connectivity index (χ2v) is 13.5. The fourth-order valence-corrected chi connectivity index (χ4v) is 9.15. The molecule has 3 aliphatic heterocycles. The van der Waals surface area contributed by atoms with Crippen molar-refractivity contribution >= 4 is 11.9 Å². The van der Waals surface area contributed by atoms with Gasteiger partial charge in [0.15, 0.2) is 0 Å². The standard InChI is InChI=1S/C30H40O7/c1-16-7-8-20(35-24(16)32)18(3)28(33)14-13-27(6)19(17(28)2)15-29(34)22(27)10-9-21-26(4,5)36-23(31)11-12-30(21)25(29)37-30/h7,11-12,18-22,25,33-34H,2,8-10,13-15H2,1,3-6H3/t18-,19+,20-,21+,22+,25-,27-,28+,29-,30+/m1/s1. The first-order chi connectivity index (χ1) is 17.2. The number of rotatable bonds is 2. The van der Waals surface area contributed by atoms with E-state index in [9.17, 15) is 19.8 Å². The van der Waals surface area contributed by atoms with Crippen LogP contribution in [0.3, 0.4) is 0 Å². The van der Waals surface area contributed by atoms with Crippen molar-refractivity contribution in [2.75, 3.05) is 0 Å². The van der Waals surface area contributed by atoms with E-state index in [-0.39, 0.29) is 41.0 Å². The molecule has 2 N–H and O–H groups in total. The van der Waals surface area contributed by atoms with Crippen molar-refractivity contribution in [2.45, 2.75) is 108 Å². The van der Waals surface area contributed by atoms with Gasteiger partial charge in [-0.1, -0.05) is 26.5 Å². The van der Waals surface area contributed by atoms with E-state index in [1.54, 1.807) is 6.92 Å². The van der Waals surface area contributed by atoms with Crippen LogP contribution in [-0.4, -0.2) is 56.8 Å². The molecule has 3 saturated carbocycles. The van der Waals surface area contributed by atoms with Crippen LogP contribution in [0.4, 0.5) is 0 Å². The van der Waals surface area contributed by atoms with Gasteiger partial charge >= 0.3 is 11.9 Å². The number of esters is 2. The smallest absolute Gasteiger partial charge is 0.333 e. The van der Waals surface area contributed by atoms with E-state index < -0.39 is 34.6 Å². The second-order valence-electron chi connectivity index (χ2n) is 13.5. The molecule has 0 unspecified atom stereocenters. The molecule has 37 heavy (non-hydrogen) atoms. The molecule has 4 fully saturated rings. The van der Waals surface area contributed by atoms with Crippen LogP contribution < -0.4 is 0 Å². The Hall–Kier alpha value is -1.96. The van der Waals surface area contributed by atoms with Crippen molar-refractivity contribution in [1.29, 1.82) is 0 Å². The molecule has 0 radical (unpaired) electrons. The molecule has 1 saturated heterocycles. The molecule has 3 heterocycles. The maximum absolute atomic E-state index is 12.4. The second kappa shape index (κ2) is 7.57. The summed E-state index contributed by atoms with van der Waals surface area (Å²) in [4.78, 5) is 24.5. The van der Waals surface area contributed by atoms with Crippen LogP contribution in [0.15, 0.2) is 36.0 Å². The van der Waals surface area contributed by atoms with Gasteiger partial charge in [0, 0.05) is 29.9 Å². The Morgan fingerprint density at radius 1 is 1.11 bits per heavy atom. The normalized spacial score (nSPS) is 50.7. The summed E-state index contributed by atoms with van der Waals surface area (Å²) in [6.45, 7) is 14.3. The van der Waals surface area contributed by atoms with E-state index in [0.717, 1.165) is 24.8 Å². The van der Waals surface area contributed by atoms with Crippen molar-refractivity contribution in [3.63, 3.8) is 0 Å². The summed E-state index contributed by atoms with van der Waals surface area (Å²) in [5.74, 6) is -1.21. The van der Waals surface area contributed by atoms with Crippen molar-refractivity contribution < 1.29 is 34.0 Å². The lowest BCUT2D eigenvalue weighted by molar-refractivity contribution is -0.156. The van der Waals surface area contributed by atoms with Crippen molar-refractivity contribution in [1.82, 2.24) is 0 Å². The van der Waals surface area contributed by atoms with Gasteiger partial charge in [0.25, 0.3) is 0 Å². The zero-order valence-corrected chi connectivity index (χ0v) is 22.6. The first kappa shape index (κ1) is 25.3. The van der Waals surface area contributed by atoms with E-state index >= 15 is 0 Å².